The first-order chi connectivity index (χ1) is 20.4. The predicted molar refractivity (Wildman–Crippen MR) is 163 cm³/mol. The molecule has 4 rings (SSSR count). The normalized spacial score (nSPS) is 17.6. The standard InChI is InChI=1S/C33H38N4O6/c1-7-20-19(6)32(42)37-27(20)14-25-18(5)23(10-12-31(40)41)29(35-25)15-28-22(9-11-30(38)39)17(4)24(34-28)13-26-16(3)21(8-2)33(43)36-26/h7-8,14,26,34-35H,1-2,9-13,15H2,3-6H3,(H,36,43)(H,37,42)(H,38,39)(H,40,41)/b27-14-/t26-/m1/s1. The van der Waals surface area contributed by atoms with Gasteiger partial charge in [-0.05, 0) is 74.4 Å². The summed E-state index contributed by atoms with van der Waals surface area (Å²) in [5, 5.41) is 24.7. The van der Waals surface area contributed by atoms with Gasteiger partial charge in [0, 0.05) is 65.2 Å². The van der Waals surface area contributed by atoms with E-state index in [0.29, 0.717) is 48.1 Å². The summed E-state index contributed by atoms with van der Waals surface area (Å²) in [5.41, 5.74) is 10.2. The van der Waals surface area contributed by atoms with Crippen LogP contribution in [0.5, 0.6) is 0 Å². The smallest absolute Gasteiger partial charge is 0.303 e. The van der Waals surface area contributed by atoms with Crippen LogP contribution in [0.1, 0.15) is 71.7 Å². The molecule has 2 aromatic rings. The molecule has 0 saturated heterocycles. The Balaban J connectivity index is 1.76. The van der Waals surface area contributed by atoms with Crippen LogP contribution in [0.3, 0.4) is 0 Å². The van der Waals surface area contributed by atoms with Crippen molar-refractivity contribution in [3.05, 3.63) is 98.3 Å². The second-order valence-corrected chi connectivity index (χ2v) is 11.1. The lowest BCUT2D eigenvalue weighted by Crippen LogP contribution is -2.30. The number of H-pyrrole nitrogens is 2. The van der Waals surface area contributed by atoms with Gasteiger partial charge in [-0.2, -0.15) is 0 Å². The topological polar surface area (TPSA) is 164 Å². The molecule has 10 nitrogen and oxygen atoms in total. The first kappa shape index (κ1) is 31.1. The largest absolute Gasteiger partial charge is 0.481 e. The summed E-state index contributed by atoms with van der Waals surface area (Å²) >= 11 is 0. The number of aromatic amines is 2. The van der Waals surface area contributed by atoms with Crippen LogP contribution >= 0.6 is 0 Å². The third-order valence-electron chi connectivity index (χ3n) is 8.49. The van der Waals surface area contributed by atoms with Gasteiger partial charge in [-0.25, -0.2) is 0 Å². The van der Waals surface area contributed by atoms with Gasteiger partial charge in [-0.1, -0.05) is 25.3 Å². The maximum absolute atomic E-state index is 12.4. The molecule has 10 heteroatoms. The molecular formula is C33H38N4O6. The molecule has 43 heavy (non-hydrogen) atoms. The lowest BCUT2D eigenvalue weighted by atomic mass is 9.97. The van der Waals surface area contributed by atoms with Crippen molar-refractivity contribution in [2.45, 2.75) is 72.3 Å². The molecule has 226 valence electrons. The molecule has 2 aliphatic rings. The van der Waals surface area contributed by atoms with E-state index in [2.05, 4.69) is 33.8 Å². The van der Waals surface area contributed by atoms with Crippen LogP contribution < -0.4 is 10.6 Å². The fraction of sp³-hybridized carbons (Fsp3) is 0.333. The van der Waals surface area contributed by atoms with Crippen LogP contribution in [0, 0.1) is 13.8 Å². The number of hydrogen-bond acceptors (Lipinski definition) is 4. The van der Waals surface area contributed by atoms with Gasteiger partial charge >= 0.3 is 11.9 Å². The molecule has 2 amide bonds. The lowest BCUT2D eigenvalue weighted by molar-refractivity contribution is -0.138. The Kier molecular flexibility index (Phi) is 9.08. The van der Waals surface area contributed by atoms with E-state index in [4.69, 9.17) is 0 Å². The van der Waals surface area contributed by atoms with Crippen LogP contribution in [-0.4, -0.2) is 50.0 Å². The minimum absolute atomic E-state index is 0.0481. The number of aromatic nitrogens is 2. The zero-order valence-corrected chi connectivity index (χ0v) is 25.0. The molecule has 0 aromatic carbocycles. The molecule has 0 bridgehead atoms. The van der Waals surface area contributed by atoms with E-state index in [1.807, 2.05) is 26.8 Å². The van der Waals surface area contributed by atoms with E-state index < -0.39 is 11.9 Å². The first-order valence-corrected chi connectivity index (χ1v) is 14.2. The van der Waals surface area contributed by atoms with Gasteiger partial charge in [-0.15, -0.1) is 0 Å². The summed E-state index contributed by atoms with van der Waals surface area (Å²) in [6.07, 6.45) is 6.41. The number of nitrogens with one attached hydrogen (secondary N) is 4. The molecule has 0 saturated carbocycles. The maximum atomic E-state index is 12.4. The molecule has 0 unspecified atom stereocenters. The van der Waals surface area contributed by atoms with E-state index in [1.165, 1.54) is 0 Å². The second kappa shape index (κ2) is 12.6. The van der Waals surface area contributed by atoms with Gasteiger partial charge < -0.3 is 30.8 Å². The SMILES string of the molecule is C=CC1=C(C)[C@@H](Cc2[nH]c(Cc3[nH]c(/C=C4\NC(=O)C(C)=C4C=C)c(C)c3CCC(=O)O)c(CCC(=O)O)c2C)NC1=O. The van der Waals surface area contributed by atoms with E-state index in [9.17, 15) is 29.4 Å². The highest BCUT2D eigenvalue weighted by Crippen LogP contribution is 2.31. The molecule has 6 N–H and O–H groups in total. The van der Waals surface area contributed by atoms with Crippen molar-refractivity contribution < 1.29 is 29.4 Å². The summed E-state index contributed by atoms with van der Waals surface area (Å²) in [5.74, 6) is -2.18. The van der Waals surface area contributed by atoms with Crippen LogP contribution in [-0.2, 0) is 44.9 Å². The zero-order chi connectivity index (χ0) is 31.6. The monoisotopic (exact) mass is 586 g/mol. The van der Waals surface area contributed by atoms with Gasteiger partial charge in [-0.3, -0.25) is 19.2 Å². The highest BCUT2D eigenvalue weighted by Gasteiger charge is 2.29. The number of allylic oxidation sites excluding steroid dienone is 1. The Morgan fingerprint density at radius 1 is 0.814 bits per heavy atom. The zero-order valence-electron chi connectivity index (χ0n) is 25.0. The Morgan fingerprint density at radius 3 is 1.95 bits per heavy atom. The van der Waals surface area contributed by atoms with Crippen LogP contribution in [0.4, 0.5) is 0 Å². The molecule has 2 aliphatic heterocycles. The quantitative estimate of drug-likeness (QED) is 0.207. The Labute approximate surface area is 250 Å². The van der Waals surface area contributed by atoms with Crippen LogP contribution in [0.25, 0.3) is 6.08 Å². The molecule has 2 aromatic heterocycles. The number of carbonyl (C=O) groups is 4. The highest BCUT2D eigenvalue weighted by molar-refractivity contribution is 6.02. The number of carboxylic acid groups (broad SMARTS) is 2. The van der Waals surface area contributed by atoms with Crippen LogP contribution in [0.15, 0.2) is 53.3 Å². The number of rotatable bonds is 13. The molecule has 0 fully saturated rings. The van der Waals surface area contributed by atoms with Gasteiger partial charge in [0.2, 0.25) is 0 Å². The number of aliphatic carboxylic acids is 2. The second-order valence-electron chi connectivity index (χ2n) is 11.1. The summed E-state index contributed by atoms with van der Waals surface area (Å²) in [6, 6.07) is -0.215. The summed E-state index contributed by atoms with van der Waals surface area (Å²) < 4.78 is 0. The third-order valence-corrected chi connectivity index (χ3v) is 8.49. The minimum Gasteiger partial charge on any atom is -0.481 e. The Hall–Kier alpha value is -4.86. The van der Waals surface area contributed by atoms with Crippen LogP contribution in [0.2, 0.25) is 0 Å². The fourth-order valence-electron chi connectivity index (χ4n) is 5.95. The molecule has 0 radical (unpaired) electrons. The van der Waals surface area contributed by atoms with E-state index in [0.717, 1.165) is 50.6 Å². The molecule has 0 spiro atoms. The van der Waals surface area contributed by atoms with Crippen molar-refractivity contribution in [1.82, 2.24) is 20.6 Å². The Bertz CT molecular complexity index is 1640. The van der Waals surface area contributed by atoms with Gasteiger partial charge in [0.1, 0.15) is 0 Å². The first-order valence-electron chi connectivity index (χ1n) is 14.2. The summed E-state index contributed by atoms with van der Waals surface area (Å²) in [4.78, 5) is 54.7. The summed E-state index contributed by atoms with van der Waals surface area (Å²) in [7, 11) is 0. The highest BCUT2D eigenvalue weighted by atomic mass is 16.4. The number of amides is 2. The van der Waals surface area contributed by atoms with Crippen molar-refractivity contribution >= 4 is 29.8 Å². The van der Waals surface area contributed by atoms with Crippen molar-refractivity contribution in [3.63, 3.8) is 0 Å². The molecular weight excluding hydrogens is 548 g/mol. The predicted octanol–water partition coefficient (Wildman–Crippen LogP) is 4.10. The molecule has 1 atom stereocenters. The van der Waals surface area contributed by atoms with E-state index in [1.54, 1.807) is 19.1 Å². The third kappa shape index (κ3) is 6.33. The van der Waals surface area contributed by atoms with Gasteiger partial charge in [0.15, 0.2) is 0 Å². The number of carbonyl (C=O) groups excluding carboxylic acids is 2. The average Bonchev–Trinajstić information content (AvgIpc) is 3.59. The molecule has 4 heterocycles. The van der Waals surface area contributed by atoms with Crippen molar-refractivity contribution in [1.29, 1.82) is 0 Å². The van der Waals surface area contributed by atoms with E-state index in [-0.39, 0.29) is 30.7 Å². The van der Waals surface area contributed by atoms with Gasteiger partial charge in [0.25, 0.3) is 11.8 Å². The maximum Gasteiger partial charge on any atom is 0.303 e. The number of carboxylic acids is 2. The Morgan fingerprint density at radius 2 is 1.40 bits per heavy atom. The van der Waals surface area contributed by atoms with Crippen molar-refractivity contribution in [3.8, 4) is 0 Å². The molecule has 0 aliphatic carbocycles. The van der Waals surface area contributed by atoms with Crippen molar-refractivity contribution in [2.75, 3.05) is 0 Å². The average molecular weight is 587 g/mol. The van der Waals surface area contributed by atoms with E-state index >= 15 is 0 Å². The fourth-order valence-corrected chi connectivity index (χ4v) is 5.95. The summed E-state index contributed by atoms with van der Waals surface area (Å²) in [6.45, 7) is 15.1. The van der Waals surface area contributed by atoms with Gasteiger partial charge in [0.05, 0.1) is 11.7 Å². The lowest BCUT2D eigenvalue weighted by Gasteiger charge is -2.12. The minimum atomic E-state index is -0.914. The number of hydrogen-bond donors (Lipinski definition) is 6. The van der Waals surface area contributed by atoms with Crippen molar-refractivity contribution in [2.24, 2.45) is 0 Å².